The molecule has 0 saturated carbocycles. The normalized spacial score (nSPS) is 10.9. The second-order valence-electron chi connectivity index (χ2n) is 4.14. The van der Waals surface area contributed by atoms with Crippen molar-refractivity contribution in [3.63, 3.8) is 0 Å². The number of azo groups is 1. The van der Waals surface area contributed by atoms with Crippen molar-refractivity contribution in [3.05, 3.63) is 35.7 Å². The second-order valence-corrected chi connectivity index (χ2v) is 4.56. The topological polar surface area (TPSA) is 77.8 Å². The first-order valence-electron chi connectivity index (χ1n) is 5.95. The van der Waals surface area contributed by atoms with Gasteiger partial charge in [0.2, 0.25) is 0 Å². The molecule has 0 bridgehead atoms. The highest BCUT2D eigenvalue weighted by molar-refractivity contribution is 7.80. The number of rotatable bonds is 3. The molecular weight excluding hydrogens is 274 g/mol. The Bertz CT molecular complexity index is 677. The van der Waals surface area contributed by atoms with Gasteiger partial charge < -0.3 is 10.5 Å². The van der Waals surface area contributed by atoms with E-state index in [1.54, 1.807) is 7.11 Å². The van der Waals surface area contributed by atoms with E-state index in [0.717, 1.165) is 5.69 Å². The van der Waals surface area contributed by atoms with E-state index in [1.807, 2.05) is 38.1 Å². The predicted molar refractivity (Wildman–Crippen MR) is 81.1 cm³/mol. The molecule has 20 heavy (non-hydrogen) atoms. The lowest BCUT2D eigenvalue weighted by Crippen LogP contribution is -2.21. The summed E-state index contributed by atoms with van der Waals surface area (Å²) in [6, 6.07) is 7.39. The van der Waals surface area contributed by atoms with E-state index in [9.17, 15) is 0 Å². The Morgan fingerprint density at radius 3 is 2.60 bits per heavy atom. The smallest absolute Gasteiger partial charge is 0.191 e. The Labute approximate surface area is 122 Å². The molecule has 0 spiro atoms. The summed E-state index contributed by atoms with van der Waals surface area (Å²) in [6.45, 7) is 3.67. The molecule has 0 amide bonds. The molecule has 2 aromatic rings. The quantitative estimate of drug-likeness (QED) is 0.696. The first-order chi connectivity index (χ1) is 9.54. The van der Waals surface area contributed by atoms with Crippen molar-refractivity contribution in [2.75, 3.05) is 7.11 Å². The number of benzene rings is 1. The van der Waals surface area contributed by atoms with Crippen LogP contribution in [0.5, 0.6) is 5.75 Å². The van der Waals surface area contributed by atoms with E-state index < -0.39 is 0 Å². The number of ether oxygens (including phenoxy) is 1. The average molecular weight is 289 g/mol. The highest BCUT2D eigenvalue weighted by Gasteiger charge is 2.12. The Kier molecular flexibility index (Phi) is 4.09. The predicted octanol–water partition coefficient (Wildman–Crippen LogP) is 3.02. The van der Waals surface area contributed by atoms with E-state index in [2.05, 4.69) is 15.3 Å². The third kappa shape index (κ3) is 2.67. The molecule has 104 valence electrons. The van der Waals surface area contributed by atoms with Crippen molar-refractivity contribution in [3.8, 4) is 5.75 Å². The minimum absolute atomic E-state index is 0.185. The van der Waals surface area contributed by atoms with Crippen molar-refractivity contribution in [1.82, 2.24) is 9.78 Å². The monoisotopic (exact) mass is 289 g/mol. The van der Waals surface area contributed by atoms with Gasteiger partial charge in [0, 0.05) is 0 Å². The van der Waals surface area contributed by atoms with Gasteiger partial charge in [-0.25, -0.2) is 4.68 Å². The van der Waals surface area contributed by atoms with Gasteiger partial charge in [0.05, 0.1) is 18.5 Å². The number of hydrogen-bond donors (Lipinski definition) is 1. The van der Waals surface area contributed by atoms with E-state index >= 15 is 0 Å². The summed E-state index contributed by atoms with van der Waals surface area (Å²) in [4.78, 5) is 0. The molecular formula is C13H15N5OS. The zero-order valence-corrected chi connectivity index (χ0v) is 12.3. The van der Waals surface area contributed by atoms with Gasteiger partial charge in [-0.3, -0.25) is 0 Å². The molecule has 0 aliphatic heterocycles. The SMILES string of the molecule is COc1ccccc1N=Nc1c(C)nn(C(N)=S)c1C. The third-order valence-electron chi connectivity index (χ3n) is 2.80. The second kappa shape index (κ2) is 5.79. The molecule has 2 N–H and O–H groups in total. The summed E-state index contributed by atoms with van der Waals surface area (Å²) in [5, 5.41) is 12.9. The van der Waals surface area contributed by atoms with Crippen molar-refractivity contribution < 1.29 is 4.74 Å². The zero-order valence-electron chi connectivity index (χ0n) is 11.5. The van der Waals surface area contributed by atoms with Crippen LogP contribution in [0.25, 0.3) is 0 Å². The van der Waals surface area contributed by atoms with Gasteiger partial charge >= 0.3 is 0 Å². The lowest BCUT2D eigenvalue weighted by Gasteiger charge is -2.02. The molecule has 0 unspecified atom stereocenters. The van der Waals surface area contributed by atoms with Gasteiger partial charge in [-0.15, -0.1) is 10.2 Å². The van der Waals surface area contributed by atoms with Crippen molar-refractivity contribution in [1.29, 1.82) is 0 Å². The van der Waals surface area contributed by atoms with Crippen LogP contribution in [0.4, 0.5) is 11.4 Å². The Morgan fingerprint density at radius 1 is 1.30 bits per heavy atom. The van der Waals surface area contributed by atoms with Gasteiger partial charge in [0.25, 0.3) is 0 Å². The molecule has 2 rings (SSSR count). The minimum atomic E-state index is 0.185. The van der Waals surface area contributed by atoms with Crippen LogP contribution in [0.15, 0.2) is 34.5 Å². The van der Waals surface area contributed by atoms with Crippen molar-refractivity contribution in [2.24, 2.45) is 16.0 Å². The van der Waals surface area contributed by atoms with Crippen LogP contribution in [0.2, 0.25) is 0 Å². The molecule has 0 saturated heterocycles. The van der Waals surface area contributed by atoms with Crippen LogP contribution in [-0.4, -0.2) is 22.0 Å². The number of aryl methyl sites for hydroxylation is 1. The standard InChI is InChI=1S/C13H15N5OS/c1-8-12(9(2)18(17-8)13(14)20)16-15-10-6-4-5-7-11(10)19-3/h4-7H,1-3H3,(H2,14,20). The molecule has 0 fully saturated rings. The highest BCUT2D eigenvalue weighted by Crippen LogP contribution is 2.30. The largest absolute Gasteiger partial charge is 0.494 e. The fourth-order valence-electron chi connectivity index (χ4n) is 1.81. The molecule has 1 aromatic carbocycles. The lowest BCUT2D eigenvalue weighted by atomic mass is 10.3. The van der Waals surface area contributed by atoms with Crippen LogP contribution < -0.4 is 10.5 Å². The fraction of sp³-hybridized carbons (Fsp3) is 0.231. The van der Waals surface area contributed by atoms with E-state index in [0.29, 0.717) is 22.8 Å². The summed E-state index contributed by atoms with van der Waals surface area (Å²) in [5.41, 5.74) is 8.37. The van der Waals surface area contributed by atoms with Crippen LogP contribution in [0, 0.1) is 13.8 Å². The average Bonchev–Trinajstić information content (AvgIpc) is 2.72. The van der Waals surface area contributed by atoms with E-state index in [-0.39, 0.29) is 5.11 Å². The summed E-state index contributed by atoms with van der Waals surface area (Å²) in [6.07, 6.45) is 0. The number of nitrogens with zero attached hydrogens (tertiary/aromatic N) is 4. The van der Waals surface area contributed by atoms with Gasteiger partial charge in [0.1, 0.15) is 17.1 Å². The number of aromatic nitrogens is 2. The van der Waals surface area contributed by atoms with E-state index in [1.165, 1.54) is 4.68 Å². The maximum absolute atomic E-state index is 5.59. The fourth-order valence-corrected chi connectivity index (χ4v) is 1.99. The summed E-state index contributed by atoms with van der Waals surface area (Å²) in [5.74, 6) is 0.660. The van der Waals surface area contributed by atoms with Crippen LogP contribution in [0.3, 0.4) is 0 Å². The molecule has 0 aliphatic rings. The summed E-state index contributed by atoms with van der Waals surface area (Å²) in [7, 11) is 1.59. The first kappa shape index (κ1) is 14.1. The molecule has 1 heterocycles. The number of methoxy groups -OCH3 is 1. The lowest BCUT2D eigenvalue weighted by molar-refractivity contribution is 0.416. The number of para-hydroxylation sites is 1. The number of hydrogen-bond acceptors (Lipinski definition) is 5. The molecule has 1 aromatic heterocycles. The Balaban J connectivity index is 2.39. The van der Waals surface area contributed by atoms with E-state index in [4.69, 9.17) is 22.7 Å². The highest BCUT2D eigenvalue weighted by atomic mass is 32.1. The van der Waals surface area contributed by atoms with Gasteiger partial charge in [0.15, 0.2) is 5.11 Å². The van der Waals surface area contributed by atoms with Crippen LogP contribution >= 0.6 is 12.2 Å². The summed E-state index contributed by atoms with van der Waals surface area (Å²) < 4.78 is 6.70. The van der Waals surface area contributed by atoms with Gasteiger partial charge in [-0.05, 0) is 38.2 Å². The zero-order chi connectivity index (χ0) is 14.7. The maximum atomic E-state index is 5.59. The first-order valence-corrected chi connectivity index (χ1v) is 6.36. The summed E-state index contributed by atoms with van der Waals surface area (Å²) >= 11 is 4.93. The third-order valence-corrected chi connectivity index (χ3v) is 2.98. The Morgan fingerprint density at radius 2 is 2.00 bits per heavy atom. The van der Waals surface area contributed by atoms with Crippen molar-refractivity contribution >= 4 is 28.7 Å². The molecule has 0 aliphatic carbocycles. The molecule has 0 atom stereocenters. The van der Waals surface area contributed by atoms with Gasteiger partial charge in [-0.1, -0.05) is 12.1 Å². The molecule has 0 radical (unpaired) electrons. The Hall–Kier alpha value is -2.28. The van der Waals surface area contributed by atoms with Crippen LogP contribution in [-0.2, 0) is 0 Å². The van der Waals surface area contributed by atoms with Gasteiger partial charge in [-0.2, -0.15) is 5.10 Å². The number of nitrogens with two attached hydrogens (primary N) is 1. The van der Waals surface area contributed by atoms with Crippen molar-refractivity contribution in [2.45, 2.75) is 13.8 Å². The minimum Gasteiger partial charge on any atom is -0.494 e. The van der Waals surface area contributed by atoms with Crippen LogP contribution in [0.1, 0.15) is 11.4 Å². The number of thiocarbonyl (C=S) groups is 1. The molecule has 6 nitrogen and oxygen atoms in total. The maximum Gasteiger partial charge on any atom is 0.191 e. The molecule has 7 heteroatoms.